The maximum Gasteiger partial charge on any atom is 0.124 e. The van der Waals surface area contributed by atoms with Gasteiger partial charge in [-0.15, -0.1) is 0 Å². The van der Waals surface area contributed by atoms with Crippen LogP contribution < -0.4 is 10.1 Å². The lowest BCUT2D eigenvalue weighted by Gasteiger charge is -2.23. The van der Waals surface area contributed by atoms with Crippen molar-refractivity contribution < 1.29 is 9.13 Å². The molecule has 1 aliphatic heterocycles. The molecule has 1 heterocycles. The molecule has 110 valence electrons. The summed E-state index contributed by atoms with van der Waals surface area (Å²) in [6, 6.07) is 13.2. The van der Waals surface area contributed by atoms with Crippen molar-refractivity contribution in [3.05, 3.63) is 53.8 Å². The van der Waals surface area contributed by atoms with E-state index >= 15 is 0 Å². The summed E-state index contributed by atoms with van der Waals surface area (Å²) in [5, 5.41) is 3.35. The molecular weight excluding hydrogens is 265 g/mol. The molecule has 0 saturated carbocycles. The lowest BCUT2D eigenvalue weighted by atomic mass is 9.88. The smallest absolute Gasteiger partial charge is 0.124 e. The standard InChI is InChI=1S/C18H20FNO/c1-21-18-4-2-13(3-5-18)15-10-16(12-17(19)11-15)14-6-8-20-9-7-14/h2-5,10-12,14,20H,6-9H2,1H3. The van der Waals surface area contributed by atoms with Gasteiger partial charge in [-0.25, -0.2) is 4.39 Å². The zero-order chi connectivity index (χ0) is 14.7. The normalized spacial score (nSPS) is 15.9. The second-order valence-corrected chi connectivity index (χ2v) is 5.53. The summed E-state index contributed by atoms with van der Waals surface area (Å²) in [6.45, 7) is 2.03. The van der Waals surface area contributed by atoms with Crippen molar-refractivity contribution in [2.75, 3.05) is 20.2 Å². The van der Waals surface area contributed by atoms with Gasteiger partial charge >= 0.3 is 0 Å². The molecule has 2 aromatic rings. The second kappa shape index (κ2) is 6.27. The lowest BCUT2D eigenvalue weighted by molar-refractivity contribution is 0.415. The minimum atomic E-state index is -0.156. The highest BCUT2D eigenvalue weighted by atomic mass is 19.1. The van der Waals surface area contributed by atoms with Gasteiger partial charge in [0.2, 0.25) is 0 Å². The van der Waals surface area contributed by atoms with Crippen LogP contribution in [0.2, 0.25) is 0 Å². The summed E-state index contributed by atoms with van der Waals surface area (Å²) >= 11 is 0. The monoisotopic (exact) mass is 285 g/mol. The number of rotatable bonds is 3. The van der Waals surface area contributed by atoms with Gasteiger partial charge < -0.3 is 10.1 Å². The van der Waals surface area contributed by atoms with Crippen LogP contribution >= 0.6 is 0 Å². The zero-order valence-corrected chi connectivity index (χ0v) is 12.2. The topological polar surface area (TPSA) is 21.3 Å². The SMILES string of the molecule is COc1ccc(-c2cc(F)cc(C3CCNCC3)c2)cc1. The van der Waals surface area contributed by atoms with Crippen molar-refractivity contribution in [3.8, 4) is 16.9 Å². The predicted octanol–water partition coefficient (Wildman–Crippen LogP) is 3.97. The van der Waals surface area contributed by atoms with Gasteiger partial charge in [0.1, 0.15) is 11.6 Å². The van der Waals surface area contributed by atoms with Gasteiger partial charge in [0.15, 0.2) is 0 Å². The first-order chi connectivity index (χ1) is 10.3. The predicted molar refractivity (Wildman–Crippen MR) is 83.2 cm³/mol. The highest BCUT2D eigenvalue weighted by molar-refractivity contribution is 5.65. The number of ether oxygens (including phenoxy) is 1. The van der Waals surface area contributed by atoms with Gasteiger partial charge in [-0.2, -0.15) is 0 Å². The Morgan fingerprint density at radius 3 is 2.38 bits per heavy atom. The quantitative estimate of drug-likeness (QED) is 0.921. The van der Waals surface area contributed by atoms with Crippen LogP contribution in [0.25, 0.3) is 11.1 Å². The molecule has 0 atom stereocenters. The number of methoxy groups -OCH3 is 1. The summed E-state index contributed by atoms with van der Waals surface area (Å²) in [5.41, 5.74) is 3.07. The number of piperidine rings is 1. The molecule has 0 bridgehead atoms. The van der Waals surface area contributed by atoms with Gasteiger partial charge in [-0.05, 0) is 72.8 Å². The van der Waals surface area contributed by atoms with E-state index in [0.29, 0.717) is 5.92 Å². The van der Waals surface area contributed by atoms with Gasteiger partial charge in [0.05, 0.1) is 7.11 Å². The van der Waals surface area contributed by atoms with E-state index in [9.17, 15) is 4.39 Å². The van der Waals surface area contributed by atoms with E-state index in [4.69, 9.17) is 4.74 Å². The Morgan fingerprint density at radius 2 is 1.71 bits per heavy atom. The van der Waals surface area contributed by atoms with E-state index in [1.165, 1.54) is 0 Å². The molecule has 21 heavy (non-hydrogen) atoms. The number of hydrogen-bond acceptors (Lipinski definition) is 2. The van der Waals surface area contributed by atoms with Crippen LogP contribution in [-0.2, 0) is 0 Å². The van der Waals surface area contributed by atoms with Gasteiger partial charge in [0.25, 0.3) is 0 Å². The molecule has 3 heteroatoms. The van der Waals surface area contributed by atoms with E-state index in [-0.39, 0.29) is 5.82 Å². The number of hydrogen-bond donors (Lipinski definition) is 1. The fourth-order valence-corrected chi connectivity index (χ4v) is 2.95. The average molecular weight is 285 g/mol. The largest absolute Gasteiger partial charge is 0.497 e. The Labute approximate surface area is 125 Å². The molecule has 3 rings (SSSR count). The molecule has 1 saturated heterocycles. The van der Waals surface area contributed by atoms with Gasteiger partial charge in [-0.3, -0.25) is 0 Å². The fourth-order valence-electron chi connectivity index (χ4n) is 2.95. The summed E-state index contributed by atoms with van der Waals surface area (Å²) in [7, 11) is 1.65. The molecule has 0 spiro atoms. The van der Waals surface area contributed by atoms with Crippen molar-refractivity contribution in [3.63, 3.8) is 0 Å². The van der Waals surface area contributed by atoms with Crippen LogP contribution in [0.4, 0.5) is 4.39 Å². The molecule has 0 amide bonds. The summed E-state index contributed by atoms with van der Waals surface area (Å²) < 4.78 is 19.1. The van der Waals surface area contributed by atoms with Crippen LogP contribution in [0.5, 0.6) is 5.75 Å². The molecule has 2 nitrogen and oxygen atoms in total. The van der Waals surface area contributed by atoms with Crippen molar-refractivity contribution in [2.45, 2.75) is 18.8 Å². The molecule has 1 fully saturated rings. The second-order valence-electron chi connectivity index (χ2n) is 5.53. The Morgan fingerprint density at radius 1 is 1.00 bits per heavy atom. The van der Waals surface area contributed by atoms with E-state index in [1.807, 2.05) is 24.3 Å². The third-order valence-electron chi connectivity index (χ3n) is 4.15. The van der Waals surface area contributed by atoms with Crippen LogP contribution in [-0.4, -0.2) is 20.2 Å². The molecule has 2 aromatic carbocycles. The number of halogens is 1. The average Bonchev–Trinajstić information content (AvgIpc) is 2.55. The number of nitrogens with one attached hydrogen (secondary N) is 1. The molecule has 1 N–H and O–H groups in total. The molecule has 1 aliphatic rings. The first kappa shape index (κ1) is 14.1. The van der Waals surface area contributed by atoms with Crippen molar-refractivity contribution in [1.29, 1.82) is 0 Å². The Hall–Kier alpha value is -1.87. The van der Waals surface area contributed by atoms with Crippen LogP contribution in [0.1, 0.15) is 24.3 Å². The Balaban J connectivity index is 1.92. The molecule has 0 aromatic heterocycles. The van der Waals surface area contributed by atoms with Crippen LogP contribution in [0.15, 0.2) is 42.5 Å². The van der Waals surface area contributed by atoms with Gasteiger partial charge in [0, 0.05) is 0 Å². The highest BCUT2D eigenvalue weighted by Crippen LogP contribution is 2.30. The van der Waals surface area contributed by atoms with E-state index in [2.05, 4.69) is 11.4 Å². The highest BCUT2D eigenvalue weighted by Gasteiger charge is 2.16. The first-order valence-corrected chi connectivity index (χ1v) is 7.42. The Kier molecular flexibility index (Phi) is 4.20. The maximum atomic E-state index is 14.0. The van der Waals surface area contributed by atoms with E-state index < -0.39 is 0 Å². The molecule has 0 radical (unpaired) electrons. The van der Waals surface area contributed by atoms with Crippen molar-refractivity contribution >= 4 is 0 Å². The zero-order valence-electron chi connectivity index (χ0n) is 12.2. The Bertz CT molecular complexity index is 603. The number of benzene rings is 2. The summed E-state index contributed by atoms with van der Waals surface area (Å²) in [4.78, 5) is 0. The van der Waals surface area contributed by atoms with E-state index in [0.717, 1.165) is 48.4 Å². The molecular formula is C18H20FNO. The minimum absolute atomic E-state index is 0.156. The van der Waals surface area contributed by atoms with Crippen LogP contribution in [0, 0.1) is 5.82 Å². The fraction of sp³-hybridized carbons (Fsp3) is 0.333. The molecule has 0 aliphatic carbocycles. The summed E-state index contributed by atoms with van der Waals surface area (Å²) in [6.07, 6.45) is 2.15. The summed E-state index contributed by atoms with van der Waals surface area (Å²) in [5.74, 6) is 1.12. The molecule has 0 unspecified atom stereocenters. The maximum absolute atomic E-state index is 14.0. The lowest BCUT2D eigenvalue weighted by Crippen LogP contribution is -2.26. The third kappa shape index (κ3) is 3.24. The van der Waals surface area contributed by atoms with Gasteiger partial charge in [-0.1, -0.05) is 18.2 Å². The third-order valence-corrected chi connectivity index (χ3v) is 4.15. The minimum Gasteiger partial charge on any atom is -0.497 e. The van der Waals surface area contributed by atoms with Crippen molar-refractivity contribution in [2.24, 2.45) is 0 Å². The van der Waals surface area contributed by atoms with Crippen molar-refractivity contribution in [1.82, 2.24) is 5.32 Å². The first-order valence-electron chi connectivity index (χ1n) is 7.42. The van der Waals surface area contributed by atoms with Crippen LogP contribution in [0.3, 0.4) is 0 Å². The van der Waals surface area contributed by atoms with E-state index in [1.54, 1.807) is 19.2 Å².